The zero-order valence-corrected chi connectivity index (χ0v) is 10.7. The Balaban J connectivity index is 2.47. The highest BCUT2D eigenvalue weighted by atomic mass is 16.4. The molecule has 0 saturated heterocycles. The second kappa shape index (κ2) is 7.87. The van der Waals surface area contributed by atoms with E-state index in [4.69, 9.17) is 0 Å². The van der Waals surface area contributed by atoms with E-state index in [1.54, 1.807) is 6.08 Å². The molecule has 102 valence electrons. The molecule has 0 heterocycles. The summed E-state index contributed by atoms with van der Waals surface area (Å²) in [5, 5.41) is 14.9. The molecule has 5 nitrogen and oxygen atoms in total. The van der Waals surface area contributed by atoms with Crippen LogP contribution in [0, 0.1) is 5.92 Å². The number of aliphatic carboxylic acids is 1. The van der Waals surface area contributed by atoms with Crippen LogP contribution in [0.25, 0.3) is 0 Å². The molecule has 1 amide bonds. The van der Waals surface area contributed by atoms with E-state index in [0.29, 0.717) is 13.0 Å². The van der Waals surface area contributed by atoms with Crippen LogP contribution in [0.5, 0.6) is 0 Å². The average molecular weight is 254 g/mol. The average Bonchev–Trinajstić information content (AvgIpc) is 2.55. The van der Waals surface area contributed by atoms with E-state index < -0.39 is 11.9 Å². The summed E-state index contributed by atoms with van der Waals surface area (Å²) < 4.78 is 0. The molecule has 2 atom stereocenters. The molecule has 1 fully saturated rings. The van der Waals surface area contributed by atoms with Gasteiger partial charge in [0, 0.05) is 12.6 Å². The number of hydrogen-bond acceptors (Lipinski definition) is 3. The number of carboxylic acid groups (broad SMARTS) is 1. The summed E-state index contributed by atoms with van der Waals surface area (Å²) in [5.74, 6) is -1.40. The van der Waals surface area contributed by atoms with Crippen molar-refractivity contribution in [1.82, 2.24) is 10.6 Å². The van der Waals surface area contributed by atoms with Crippen LogP contribution < -0.4 is 10.6 Å². The Labute approximate surface area is 108 Å². The van der Waals surface area contributed by atoms with Crippen LogP contribution in [-0.4, -0.2) is 36.1 Å². The summed E-state index contributed by atoms with van der Waals surface area (Å²) in [7, 11) is 0. The van der Waals surface area contributed by atoms with E-state index >= 15 is 0 Å². The van der Waals surface area contributed by atoms with Crippen molar-refractivity contribution < 1.29 is 14.7 Å². The first-order valence-corrected chi connectivity index (χ1v) is 6.49. The first-order valence-electron chi connectivity index (χ1n) is 6.49. The molecule has 5 heteroatoms. The quantitative estimate of drug-likeness (QED) is 0.374. The molecule has 0 aromatic heterocycles. The van der Waals surface area contributed by atoms with Gasteiger partial charge in [0.15, 0.2) is 0 Å². The van der Waals surface area contributed by atoms with Crippen LogP contribution in [0.2, 0.25) is 0 Å². The molecule has 0 aromatic carbocycles. The third-order valence-corrected chi connectivity index (χ3v) is 3.25. The Morgan fingerprint density at radius 3 is 2.67 bits per heavy atom. The van der Waals surface area contributed by atoms with Crippen molar-refractivity contribution in [3.63, 3.8) is 0 Å². The van der Waals surface area contributed by atoms with Gasteiger partial charge in [0.25, 0.3) is 0 Å². The van der Waals surface area contributed by atoms with Crippen molar-refractivity contribution in [3.05, 3.63) is 12.7 Å². The maximum absolute atomic E-state index is 11.7. The second-order valence-corrected chi connectivity index (χ2v) is 4.68. The van der Waals surface area contributed by atoms with Crippen molar-refractivity contribution in [2.75, 3.05) is 13.1 Å². The van der Waals surface area contributed by atoms with Crippen LogP contribution in [0.3, 0.4) is 0 Å². The van der Waals surface area contributed by atoms with Gasteiger partial charge < -0.3 is 15.7 Å². The van der Waals surface area contributed by atoms with Gasteiger partial charge in [-0.1, -0.05) is 25.3 Å². The highest BCUT2D eigenvalue weighted by Crippen LogP contribution is 2.23. The van der Waals surface area contributed by atoms with Crippen LogP contribution in [0.4, 0.5) is 0 Å². The molecule has 2 unspecified atom stereocenters. The van der Waals surface area contributed by atoms with E-state index in [0.717, 1.165) is 25.7 Å². The van der Waals surface area contributed by atoms with Gasteiger partial charge in [0.05, 0.1) is 12.5 Å². The number of amides is 1. The Hall–Kier alpha value is -1.36. The smallest absolute Gasteiger partial charge is 0.308 e. The standard InChI is InChI=1S/C13H22N2O3/c1-2-8-14-9-12(16)15-11-7-5-3-4-6-10(11)13(17)18/h2,10-11,14H,1,3-9H2,(H,15,16)(H,17,18). The zero-order valence-electron chi connectivity index (χ0n) is 10.7. The fraction of sp³-hybridized carbons (Fsp3) is 0.692. The fourth-order valence-corrected chi connectivity index (χ4v) is 2.32. The summed E-state index contributed by atoms with van der Waals surface area (Å²) in [5.41, 5.74) is 0. The van der Waals surface area contributed by atoms with Gasteiger partial charge in [-0.15, -0.1) is 6.58 Å². The monoisotopic (exact) mass is 254 g/mol. The molecule has 0 radical (unpaired) electrons. The van der Waals surface area contributed by atoms with Crippen molar-refractivity contribution in [3.8, 4) is 0 Å². The molecule has 0 aromatic rings. The van der Waals surface area contributed by atoms with E-state index in [1.165, 1.54) is 0 Å². The number of rotatable bonds is 6. The summed E-state index contributed by atoms with van der Waals surface area (Å²) in [6, 6.07) is -0.233. The lowest BCUT2D eigenvalue weighted by atomic mass is 9.95. The van der Waals surface area contributed by atoms with Crippen molar-refractivity contribution in [1.29, 1.82) is 0 Å². The third-order valence-electron chi connectivity index (χ3n) is 3.25. The Morgan fingerprint density at radius 1 is 1.28 bits per heavy atom. The lowest BCUT2D eigenvalue weighted by molar-refractivity contribution is -0.143. The maximum Gasteiger partial charge on any atom is 0.308 e. The highest BCUT2D eigenvalue weighted by Gasteiger charge is 2.30. The molecular formula is C13H22N2O3. The Kier molecular flexibility index (Phi) is 6.43. The van der Waals surface area contributed by atoms with Crippen LogP contribution in [0.15, 0.2) is 12.7 Å². The highest BCUT2D eigenvalue weighted by molar-refractivity contribution is 5.79. The third kappa shape index (κ3) is 4.87. The van der Waals surface area contributed by atoms with Crippen LogP contribution in [0.1, 0.15) is 32.1 Å². The number of nitrogens with one attached hydrogen (secondary N) is 2. The van der Waals surface area contributed by atoms with Crippen molar-refractivity contribution in [2.24, 2.45) is 5.92 Å². The van der Waals surface area contributed by atoms with Gasteiger partial charge in [-0.3, -0.25) is 9.59 Å². The lowest BCUT2D eigenvalue weighted by Gasteiger charge is -2.22. The molecule has 1 aliphatic rings. The van der Waals surface area contributed by atoms with E-state index in [9.17, 15) is 14.7 Å². The molecular weight excluding hydrogens is 232 g/mol. The molecule has 1 saturated carbocycles. The van der Waals surface area contributed by atoms with Crippen LogP contribution >= 0.6 is 0 Å². The molecule has 1 rings (SSSR count). The molecule has 1 aliphatic carbocycles. The van der Waals surface area contributed by atoms with E-state index in [2.05, 4.69) is 17.2 Å². The van der Waals surface area contributed by atoms with Crippen molar-refractivity contribution >= 4 is 11.9 Å². The minimum Gasteiger partial charge on any atom is -0.481 e. The van der Waals surface area contributed by atoms with Gasteiger partial charge >= 0.3 is 5.97 Å². The second-order valence-electron chi connectivity index (χ2n) is 4.68. The summed E-state index contributed by atoms with van der Waals surface area (Å²) in [6.07, 6.45) is 6.04. The van der Waals surface area contributed by atoms with E-state index in [-0.39, 0.29) is 18.5 Å². The Bertz CT molecular complexity index is 305. The number of hydrogen-bond donors (Lipinski definition) is 3. The van der Waals surface area contributed by atoms with Crippen LogP contribution in [-0.2, 0) is 9.59 Å². The first kappa shape index (κ1) is 14.7. The molecule has 18 heavy (non-hydrogen) atoms. The maximum atomic E-state index is 11.7. The molecule has 3 N–H and O–H groups in total. The zero-order chi connectivity index (χ0) is 13.4. The van der Waals surface area contributed by atoms with Crippen molar-refractivity contribution in [2.45, 2.75) is 38.1 Å². The minimum atomic E-state index is -0.804. The number of carbonyl (C=O) groups excluding carboxylic acids is 1. The molecule has 0 spiro atoms. The predicted octanol–water partition coefficient (Wildman–Crippen LogP) is 0.912. The van der Waals surface area contributed by atoms with Gasteiger partial charge in [-0.05, 0) is 12.8 Å². The lowest BCUT2D eigenvalue weighted by Crippen LogP contribution is -2.45. The SMILES string of the molecule is C=CCNCC(=O)NC1CCCCCC1C(=O)O. The number of carbonyl (C=O) groups is 2. The fourth-order valence-electron chi connectivity index (χ4n) is 2.32. The predicted molar refractivity (Wildman–Crippen MR) is 69.2 cm³/mol. The molecule has 0 aliphatic heterocycles. The summed E-state index contributed by atoms with van der Waals surface area (Å²) >= 11 is 0. The van der Waals surface area contributed by atoms with Gasteiger partial charge in [-0.2, -0.15) is 0 Å². The molecule has 0 bridgehead atoms. The van der Waals surface area contributed by atoms with Gasteiger partial charge in [-0.25, -0.2) is 0 Å². The van der Waals surface area contributed by atoms with Gasteiger partial charge in [0.1, 0.15) is 0 Å². The van der Waals surface area contributed by atoms with E-state index in [1.807, 2.05) is 0 Å². The topological polar surface area (TPSA) is 78.4 Å². The minimum absolute atomic E-state index is 0.144. The normalized spacial score (nSPS) is 24.0. The summed E-state index contributed by atoms with van der Waals surface area (Å²) in [4.78, 5) is 22.8. The summed E-state index contributed by atoms with van der Waals surface area (Å²) in [6.45, 7) is 4.32. The van der Waals surface area contributed by atoms with Gasteiger partial charge in [0.2, 0.25) is 5.91 Å². The Morgan fingerprint density at radius 2 is 2.00 bits per heavy atom. The largest absolute Gasteiger partial charge is 0.481 e. The first-order chi connectivity index (χ1) is 8.65. The number of carboxylic acids is 1.